The molecule has 1 rings (SSSR count). The van der Waals surface area contributed by atoms with E-state index in [2.05, 4.69) is 5.32 Å². The Balaban J connectivity index is 2.63. The van der Waals surface area contributed by atoms with Gasteiger partial charge in [0, 0.05) is 12.1 Å². The van der Waals surface area contributed by atoms with Crippen molar-refractivity contribution < 1.29 is 18.7 Å². The summed E-state index contributed by atoms with van der Waals surface area (Å²) in [6.07, 6.45) is 1.08. The van der Waals surface area contributed by atoms with Gasteiger partial charge in [0.2, 0.25) is 0 Å². The molecule has 0 heterocycles. The minimum atomic E-state index is -0.787. The van der Waals surface area contributed by atoms with E-state index in [-0.39, 0.29) is 23.0 Å². The lowest BCUT2D eigenvalue weighted by atomic mass is 10.1. The fourth-order valence-corrected chi connectivity index (χ4v) is 1.59. The van der Waals surface area contributed by atoms with Gasteiger partial charge < -0.3 is 10.1 Å². The zero-order valence-electron chi connectivity index (χ0n) is 12.0. The van der Waals surface area contributed by atoms with Gasteiger partial charge in [-0.15, -0.1) is 0 Å². The molecule has 0 saturated heterocycles. The monoisotopic (exact) mass is 281 g/mol. The molecule has 0 spiro atoms. The number of ether oxygens (including phenoxy) is 1. The summed E-state index contributed by atoms with van der Waals surface area (Å²) in [5.74, 6) is -1.19. The molecule has 1 aromatic carbocycles. The highest BCUT2D eigenvalue weighted by atomic mass is 19.1. The van der Waals surface area contributed by atoms with Crippen molar-refractivity contribution >= 4 is 11.7 Å². The van der Waals surface area contributed by atoms with Crippen molar-refractivity contribution in [3.8, 4) is 5.75 Å². The summed E-state index contributed by atoms with van der Waals surface area (Å²) < 4.78 is 19.0. The molecule has 0 aliphatic rings. The minimum absolute atomic E-state index is 0.0341. The predicted octanol–water partition coefficient (Wildman–Crippen LogP) is 2.71. The van der Waals surface area contributed by atoms with E-state index in [1.807, 2.05) is 6.92 Å². The number of carbonyl (C=O) groups excluding carboxylic acids is 2. The maximum absolute atomic E-state index is 13.7. The Morgan fingerprint density at radius 2 is 2.10 bits per heavy atom. The minimum Gasteiger partial charge on any atom is -0.478 e. The molecule has 0 aliphatic carbocycles. The number of hydrogen-bond donors (Lipinski definition) is 1. The molecule has 1 unspecified atom stereocenters. The number of amides is 1. The molecule has 1 atom stereocenters. The second-order valence-electron chi connectivity index (χ2n) is 4.61. The Morgan fingerprint density at radius 1 is 1.40 bits per heavy atom. The summed E-state index contributed by atoms with van der Waals surface area (Å²) in [5, 5.41) is 2.71. The van der Waals surface area contributed by atoms with Crippen LogP contribution in [0.3, 0.4) is 0 Å². The predicted molar refractivity (Wildman–Crippen MR) is 74.4 cm³/mol. The van der Waals surface area contributed by atoms with Crippen molar-refractivity contribution in [1.29, 1.82) is 0 Å². The van der Waals surface area contributed by atoms with Crippen molar-refractivity contribution in [2.75, 3.05) is 6.54 Å². The molecule has 4 nitrogen and oxygen atoms in total. The van der Waals surface area contributed by atoms with Gasteiger partial charge in [0.1, 0.15) is 0 Å². The molecule has 1 N–H and O–H groups in total. The van der Waals surface area contributed by atoms with Crippen LogP contribution < -0.4 is 10.1 Å². The van der Waals surface area contributed by atoms with Crippen LogP contribution in [-0.4, -0.2) is 24.3 Å². The molecule has 0 radical (unpaired) electrons. The third-order valence-corrected chi connectivity index (χ3v) is 2.84. The molecule has 0 aromatic heterocycles. The molecule has 1 amide bonds. The molecule has 0 fully saturated rings. The van der Waals surface area contributed by atoms with Gasteiger partial charge in [-0.05, 0) is 38.5 Å². The average molecular weight is 281 g/mol. The van der Waals surface area contributed by atoms with Crippen LogP contribution >= 0.6 is 0 Å². The number of unbranched alkanes of at least 4 members (excludes halogenated alkanes) is 1. The van der Waals surface area contributed by atoms with Crippen LogP contribution in [0, 0.1) is 5.82 Å². The molecule has 1 aromatic rings. The lowest BCUT2D eigenvalue weighted by Gasteiger charge is -2.15. The Morgan fingerprint density at radius 3 is 2.65 bits per heavy atom. The summed E-state index contributed by atoms with van der Waals surface area (Å²) in [6.45, 7) is 5.52. The third-order valence-electron chi connectivity index (χ3n) is 2.84. The summed E-state index contributed by atoms with van der Waals surface area (Å²) in [6, 6.07) is 3.95. The highest BCUT2D eigenvalue weighted by Gasteiger charge is 2.16. The van der Waals surface area contributed by atoms with Crippen LogP contribution in [0.25, 0.3) is 0 Å². The maximum Gasteiger partial charge on any atom is 0.260 e. The molecule has 0 saturated carbocycles. The van der Waals surface area contributed by atoms with Crippen LogP contribution in [0.1, 0.15) is 44.0 Å². The fourth-order valence-electron chi connectivity index (χ4n) is 1.59. The number of benzene rings is 1. The maximum atomic E-state index is 13.7. The van der Waals surface area contributed by atoms with E-state index in [9.17, 15) is 14.0 Å². The van der Waals surface area contributed by atoms with E-state index < -0.39 is 11.9 Å². The summed E-state index contributed by atoms with van der Waals surface area (Å²) in [7, 11) is 0. The normalized spacial score (nSPS) is 11.8. The largest absolute Gasteiger partial charge is 0.478 e. The fraction of sp³-hybridized carbons (Fsp3) is 0.467. The van der Waals surface area contributed by atoms with Gasteiger partial charge >= 0.3 is 0 Å². The van der Waals surface area contributed by atoms with Gasteiger partial charge in [0.15, 0.2) is 23.5 Å². The van der Waals surface area contributed by atoms with Crippen LogP contribution in [0.5, 0.6) is 5.75 Å². The van der Waals surface area contributed by atoms with E-state index in [0.29, 0.717) is 6.54 Å². The zero-order valence-corrected chi connectivity index (χ0v) is 12.0. The zero-order chi connectivity index (χ0) is 15.1. The van der Waals surface area contributed by atoms with Gasteiger partial charge in [0.05, 0.1) is 0 Å². The van der Waals surface area contributed by atoms with E-state index in [1.54, 1.807) is 6.92 Å². The van der Waals surface area contributed by atoms with Crippen LogP contribution in [0.2, 0.25) is 0 Å². The third kappa shape index (κ3) is 4.64. The Labute approximate surface area is 118 Å². The first-order chi connectivity index (χ1) is 9.45. The Hall–Kier alpha value is -1.91. The van der Waals surface area contributed by atoms with Crippen molar-refractivity contribution in [1.82, 2.24) is 5.32 Å². The highest BCUT2D eigenvalue weighted by Crippen LogP contribution is 2.20. The van der Waals surface area contributed by atoms with Crippen LogP contribution in [-0.2, 0) is 4.79 Å². The number of nitrogens with one attached hydrogen (secondary N) is 1. The number of hydrogen-bond acceptors (Lipinski definition) is 3. The van der Waals surface area contributed by atoms with Crippen molar-refractivity contribution in [2.45, 2.75) is 39.7 Å². The number of halogens is 1. The first-order valence-corrected chi connectivity index (χ1v) is 6.70. The Kier molecular flexibility index (Phi) is 6.15. The molecule has 0 bridgehead atoms. The number of ketones is 1. The first-order valence-electron chi connectivity index (χ1n) is 6.70. The first kappa shape index (κ1) is 16.1. The van der Waals surface area contributed by atoms with Crippen LogP contribution in [0.4, 0.5) is 4.39 Å². The standard InChI is InChI=1S/C15H20FNO3/c1-4-5-8-17-15(19)11(3)20-14-7-6-12(10(2)18)9-13(14)16/h6-7,9,11H,4-5,8H2,1-3H3,(H,17,19). The number of Topliss-reactive ketones (excluding diaryl/α,β-unsaturated/α-hetero) is 1. The molecule has 110 valence electrons. The van der Waals surface area contributed by atoms with Gasteiger partial charge in [0.25, 0.3) is 5.91 Å². The number of carbonyl (C=O) groups is 2. The Bertz CT molecular complexity index is 488. The summed E-state index contributed by atoms with van der Waals surface area (Å²) in [4.78, 5) is 22.8. The van der Waals surface area contributed by atoms with Crippen LogP contribution in [0.15, 0.2) is 18.2 Å². The topological polar surface area (TPSA) is 55.4 Å². The second-order valence-corrected chi connectivity index (χ2v) is 4.61. The summed E-state index contributed by atoms with van der Waals surface area (Å²) in [5.41, 5.74) is 0.273. The lowest BCUT2D eigenvalue weighted by Crippen LogP contribution is -2.36. The van der Waals surface area contributed by atoms with Crippen molar-refractivity contribution in [2.24, 2.45) is 0 Å². The SMILES string of the molecule is CCCCNC(=O)C(C)Oc1ccc(C(C)=O)cc1F. The smallest absolute Gasteiger partial charge is 0.260 e. The van der Waals surface area contributed by atoms with E-state index in [1.165, 1.54) is 19.1 Å². The van der Waals surface area contributed by atoms with Gasteiger partial charge in [-0.25, -0.2) is 4.39 Å². The van der Waals surface area contributed by atoms with E-state index in [0.717, 1.165) is 18.9 Å². The van der Waals surface area contributed by atoms with Gasteiger partial charge in [-0.3, -0.25) is 9.59 Å². The number of rotatable bonds is 7. The molecule has 20 heavy (non-hydrogen) atoms. The van der Waals surface area contributed by atoms with Crippen molar-refractivity contribution in [3.63, 3.8) is 0 Å². The molecule has 0 aliphatic heterocycles. The van der Waals surface area contributed by atoms with E-state index in [4.69, 9.17) is 4.74 Å². The van der Waals surface area contributed by atoms with Gasteiger partial charge in [-0.1, -0.05) is 13.3 Å². The quantitative estimate of drug-likeness (QED) is 0.617. The van der Waals surface area contributed by atoms with E-state index >= 15 is 0 Å². The molecular formula is C15H20FNO3. The average Bonchev–Trinajstić information content (AvgIpc) is 2.40. The highest BCUT2D eigenvalue weighted by molar-refractivity contribution is 5.94. The van der Waals surface area contributed by atoms with Crippen molar-refractivity contribution in [3.05, 3.63) is 29.6 Å². The lowest BCUT2D eigenvalue weighted by molar-refractivity contribution is -0.127. The summed E-state index contributed by atoms with van der Waals surface area (Å²) >= 11 is 0. The molecular weight excluding hydrogens is 261 g/mol. The second kappa shape index (κ2) is 7.62. The van der Waals surface area contributed by atoms with Gasteiger partial charge in [-0.2, -0.15) is 0 Å². The molecule has 5 heteroatoms.